The van der Waals surface area contributed by atoms with Crippen molar-refractivity contribution in [2.75, 3.05) is 7.05 Å². The quantitative estimate of drug-likeness (QED) is 0.498. The number of carbonyl (C=O) groups is 1. The van der Waals surface area contributed by atoms with E-state index in [2.05, 4.69) is 69.7 Å². The van der Waals surface area contributed by atoms with E-state index in [4.69, 9.17) is 4.98 Å². The molecule has 4 nitrogen and oxygen atoms in total. The lowest BCUT2D eigenvalue weighted by Crippen LogP contribution is -2.43. The standard InChI is InChI=1S/C26H33N3OS/c1-16(2)13-19-15-21-18(14-17(19)3)10-11-20-23(25(30)28(7)26(4,5)6)27-24(29(20)21)22-9-8-12-31-22/h8-9,12,14-16H,10-11,13H2,1-7H3. The largest absolute Gasteiger partial charge is 0.335 e. The summed E-state index contributed by atoms with van der Waals surface area (Å²) in [6.07, 6.45) is 2.82. The molecule has 0 bridgehead atoms. The molecule has 164 valence electrons. The molecular formula is C26H33N3OS. The highest BCUT2D eigenvalue weighted by Gasteiger charge is 2.33. The third kappa shape index (κ3) is 3.96. The van der Waals surface area contributed by atoms with Gasteiger partial charge >= 0.3 is 0 Å². The van der Waals surface area contributed by atoms with Gasteiger partial charge in [0.1, 0.15) is 0 Å². The number of benzene rings is 1. The van der Waals surface area contributed by atoms with Crippen molar-refractivity contribution >= 4 is 17.2 Å². The van der Waals surface area contributed by atoms with Crippen LogP contribution in [0.1, 0.15) is 67.5 Å². The van der Waals surface area contributed by atoms with Crippen molar-refractivity contribution in [1.82, 2.24) is 14.5 Å². The van der Waals surface area contributed by atoms with E-state index < -0.39 is 0 Å². The van der Waals surface area contributed by atoms with Crippen molar-refractivity contribution in [3.63, 3.8) is 0 Å². The smallest absolute Gasteiger partial charge is 0.274 e. The van der Waals surface area contributed by atoms with Crippen molar-refractivity contribution in [3.8, 4) is 16.4 Å². The van der Waals surface area contributed by atoms with E-state index in [0.717, 1.165) is 35.7 Å². The van der Waals surface area contributed by atoms with Crippen LogP contribution in [0.3, 0.4) is 0 Å². The number of nitrogens with zero attached hydrogens (tertiary/aromatic N) is 3. The average molecular weight is 436 g/mol. The van der Waals surface area contributed by atoms with Crippen LogP contribution in [0.4, 0.5) is 0 Å². The molecule has 0 fully saturated rings. The number of carbonyl (C=O) groups excluding carboxylic acids is 1. The summed E-state index contributed by atoms with van der Waals surface area (Å²) in [6.45, 7) is 12.9. The second-order valence-corrected chi connectivity index (χ2v) is 11.0. The first kappa shape index (κ1) is 21.8. The molecule has 1 aliphatic heterocycles. The maximum atomic E-state index is 13.5. The van der Waals surface area contributed by atoms with E-state index in [1.165, 1.54) is 22.4 Å². The van der Waals surface area contributed by atoms with Gasteiger partial charge in [-0.25, -0.2) is 4.98 Å². The molecule has 0 radical (unpaired) electrons. The van der Waals surface area contributed by atoms with Crippen molar-refractivity contribution < 1.29 is 4.79 Å². The Morgan fingerprint density at radius 2 is 2.00 bits per heavy atom. The van der Waals surface area contributed by atoms with E-state index in [-0.39, 0.29) is 11.4 Å². The van der Waals surface area contributed by atoms with Gasteiger partial charge in [-0.1, -0.05) is 26.0 Å². The van der Waals surface area contributed by atoms with Crippen LogP contribution in [0.2, 0.25) is 0 Å². The van der Waals surface area contributed by atoms with Gasteiger partial charge in [0.25, 0.3) is 5.91 Å². The van der Waals surface area contributed by atoms with Gasteiger partial charge in [0.05, 0.1) is 16.3 Å². The number of aryl methyl sites for hydroxylation is 2. The zero-order valence-corrected chi connectivity index (χ0v) is 20.6. The van der Waals surface area contributed by atoms with E-state index >= 15 is 0 Å². The van der Waals surface area contributed by atoms with E-state index in [1.54, 1.807) is 11.3 Å². The highest BCUT2D eigenvalue weighted by atomic mass is 32.1. The van der Waals surface area contributed by atoms with Crippen LogP contribution < -0.4 is 0 Å². The third-order valence-corrected chi connectivity index (χ3v) is 7.13. The molecule has 0 unspecified atom stereocenters. The Hall–Kier alpha value is -2.40. The highest BCUT2D eigenvalue weighted by Crippen LogP contribution is 2.37. The first-order valence-corrected chi connectivity index (χ1v) is 12.0. The van der Waals surface area contributed by atoms with Crippen molar-refractivity contribution in [1.29, 1.82) is 0 Å². The van der Waals surface area contributed by atoms with Crippen molar-refractivity contribution in [3.05, 3.63) is 57.7 Å². The minimum atomic E-state index is -0.259. The fraction of sp³-hybridized carbons (Fsp3) is 0.462. The number of aromatic nitrogens is 2. The molecule has 1 aromatic carbocycles. The Balaban J connectivity index is 1.93. The molecule has 3 heterocycles. The Morgan fingerprint density at radius 3 is 2.61 bits per heavy atom. The number of rotatable bonds is 4. The molecule has 0 spiro atoms. The Morgan fingerprint density at radius 1 is 1.26 bits per heavy atom. The minimum absolute atomic E-state index is 0.00276. The maximum absolute atomic E-state index is 13.5. The number of hydrogen-bond donors (Lipinski definition) is 0. The van der Waals surface area contributed by atoms with Gasteiger partial charge < -0.3 is 4.90 Å². The normalized spacial score (nSPS) is 13.3. The summed E-state index contributed by atoms with van der Waals surface area (Å²) in [6, 6.07) is 8.83. The Bertz CT molecular complexity index is 1120. The molecule has 1 amide bonds. The Kier molecular flexibility index (Phi) is 5.59. The summed E-state index contributed by atoms with van der Waals surface area (Å²) >= 11 is 1.67. The zero-order chi connectivity index (χ0) is 22.5. The molecule has 2 aromatic heterocycles. The summed E-state index contributed by atoms with van der Waals surface area (Å²) in [4.78, 5) is 21.3. The molecule has 4 rings (SSSR count). The van der Waals surface area contributed by atoms with Gasteiger partial charge in [0, 0.05) is 12.6 Å². The fourth-order valence-electron chi connectivity index (χ4n) is 4.27. The van der Waals surface area contributed by atoms with Crippen LogP contribution in [0.25, 0.3) is 16.4 Å². The highest BCUT2D eigenvalue weighted by molar-refractivity contribution is 7.13. The monoisotopic (exact) mass is 435 g/mol. The SMILES string of the molecule is Cc1cc2c(cc1CC(C)C)-n1c(-c3cccs3)nc(C(=O)N(C)C(C)(C)C)c1CC2. The number of thiophene rings is 1. The predicted octanol–water partition coefficient (Wildman–Crippen LogP) is 6.08. The van der Waals surface area contributed by atoms with Gasteiger partial charge in [-0.15, -0.1) is 11.3 Å². The van der Waals surface area contributed by atoms with Gasteiger partial charge in [-0.2, -0.15) is 0 Å². The third-order valence-electron chi connectivity index (χ3n) is 6.27. The molecule has 0 atom stereocenters. The van der Waals surface area contributed by atoms with Crippen LogP contribution in [0.5, 0.6) is 0 Å². The number of fused-ring (bicyclic) bond motifs is 3. The summed E-state index contributed by atoms with van der Waals surface area (Å²) < 4.78 is 2.26. The van der Waals surface area contributed by atoms with Crippen molar-refractivity contribution in [2.24, 2.45) is 5.92 Å². The minimum Gasteiger partial charge on any atom is -0.335 e. The maximum Gasteiger partial charge on any atom is 0.274 e. The van der Waals surface area contributed by atoms with Crippen LogP contribution in [0.15, 0.2) is 29.6 Å². The molecule has 5 heteroatoms. The molecule has 1 aliphatic rings. The Labute approximate surface area is 189 Å². The lowest BCUT2D eigenvalue weighted by atomic mass is 9.92. The summed E-state index contributed by atoms with van der Waals surface area (Å²) in [5.74, 6) is 1.48. The molecule has 0 N–H and O–H groups in total. The lowest BCUT2D eigenvalue weighted by molar-refractivity contribution is 0.0649. The topological polar surface area (TPSA) is 38.1 Å². The lowest BCUT2D eigenvalue weighted by Gasteiger charge is -2.32. The summed E-state index contributed by atoms with van der Waals surface area (Å²) in [7, 11) is 1.87. The molecule has 0 saturated carbocycles. The van der Waals surface area contributed by atoms with Crippen LogP contribution >= 0.6 is 11.3 Å². The van der Waals surface area contributed by atoms with Crippen LogP contribution in [-0.2, 0) is 19.3 Å². The van der Waals surface area contributed by atoms with Crippen LogP contribution in [-0.4, -0.2) is 32.9 Å². The molecular weight excluding hydrogens is 402 g/mol. The van der Waals surface area contributed by atoms with Crippen molar-refractivity contribution in [2.45, 2.75) is 66.3 Å². The van der Waals surface area contributed by atoms with Gasteiger partial charge in [-0.3, -0.25) is 9.36 Å². The average Bonchev–Trinajstić information content (AvgIpc) is 3.34. The van der Waals surface area contributed by atoms with Gasteiger partial charge in [0.15, 0.2) is 11.5 Å². The van der Waals surface area contributed by atoms with Crippen LogP contribution in [0, 0.1) is 12.8 Å². The van der Waals surface area contributed by atoms with E-state index in [0.29, 0.717) is 11.6 Å². The molecule has 3 aromatic rings. The summed E-state index contributed by atoms with van der Waals surface area (Å²) in [5.41, 5.74) is 6.65. The number of imidazole rings is 1. The zero-order valence-electron chi connectivity index (χ0n) is 19.7. The molecule has 0 aliphatic carbocycles. The summed E-state index contributed by atoms with van der Waals surface area (Å²) in [5, 5.41) is 2.07. The number of amides is 1. The second kappa shape index (κ2) is 7.94. The second-order valence-electron chi connectivity index (χ2n) is 10.1. The predicted molar refractivity (Wildman–Crippen MR) is 129 cm³/mol. The van der Waals surface area contributed by atoms with E-state index in [1.807, 2.05) is 18.0 Å². The van der Waals surface area contributed by atoms with Gasteiger partial charge in [-0.05, 0) is 87.1 Å². The number of hydrogen-bond acceptors (Lipinski definition) is 3. The first-order chi connectivity index (χ1) is 14.6. The first-order valence-electron chi connectivity index (χ1n) is 11.1. The molecule has 31 heavy (non-hydrogen) atoms. The fourth-order valence-corrected chi connectivity index (χ4v) is 4.97. The van der Waals surface area contributed by atoms with Gasteiger partial charge in [0.2, 0.25) is 0 Å². The molecule has 0 saturated heterocycles. The van der Waals surface area contributed by atoms with E-state index in [9.17, 15) is 4.79 Å².